The van der Waals surface area contributed by atoms with Gasteiger partial charge in [-0.15, -0.1) is 0 Å². The molecule has 0 radical (unpaired) electrons. The first-order valence-corrected chi connectivity index (χ1v) is 4.15. The lowest BCUT2D eigenvalue weighted by atomic mass is 9.63. The van der Waals surface area contributed by atoms with Crippen molar-refractivity contribution >= 4 is 0 Å². The summed E-state index contributed by atoms with van der Waals surface area (Å²) in [5.41, 5.74) is 5.61. The standard InChI is InChI=1S/C8H15NO2/c1-10-8(5-9)2-6-3-11-4-7(6)8/h6-7H,2-5,9H2,1H3/t6-,7+,8?/m1/s1. The second-order valence-corrected chi connectivity index (χ2v) is 3.58. The highest BCUT2D eigenvalue weighted by molar-refractivity contribution is 5.06. The van der Waals surface area contributed by atoms with Crippen LogP contribution in [-0.4, -0.2) is 32.5 Å². The molecule has 64 valence electrons. The zero-order valence-electron chi connectivity index (χ0n) is 6.88. The fraction of sp³-hybridized carbons (Fsp3) is 1.00. The van der Waals surface area contributed by atoms with Gasteiger partial charge in [-0.25, -0.2) is 0 Å². The first kappa shape index (κ1) is 7.53. The maximum Gasteiger partial charge on any atom is 0.0857 e. The van der Waals surface area contributed by atoms with Crippen molar-refractivity contribution in [1.82, 2.24) is 0 Å². The molecule has 1 saturated carbocycles. The molecule has 3 atom stereocenters. The van der Waals surface area contributed by atoms with Crippen molar-refractivity contribution in [3.05, 3.63) is 0 Å². The van der Waals surface area contributed by atoms with Crippen LogP contribution in [0.15, 0.2) is 0 Å². The molecular weight excluding hydrogens is 142 g/mol. The van der Waals surface area contributed by atoms with Crippen LogP contribution in [0.1, 0.15) is 6.42 Å². The van der Waals surface area contributed by atoms with Crippen molar-refractivity contribution < 1.29 is 9.47 Å². The van der Waals surface area contributed by atoms with Crippen LogP contribution in [0, 0.1) is 11.8 Å². The van der Waals surface area contributed by atoms with E-state index in [2.05, 4.69) is 0 Å². The van der Waals surface area contributed by atoms with Crippen molar-refractivity contribution in [2.75, 3.05) is 26.9 Å². The van der Waals surface area contributed by atoms with Crippen molar-refractivity contribution in [3.63, 3.8) is 0 Å². The van der Waals surface area contributed by atoms with Gasteiger partial charge >= 0.3 is 0 Å². The highest BCUT2D eigenvalue weighted by Gasteiger charge is 2.56. The molecule has 3 heteroatoms. The number of rotatable bonds is 2. The van der Waals surface area contributed by atoms with Gasteiger partial charge in [-0.3, -0.25) is 0 Å². The summed E-state index contributed by atoms with van der Waals surface area (Å²) in [5, 5.41) is 0. The molecule has 0 aromatic rings. The molecule has 3 nitrogen and oxygen atoms in total. The van der Waals surface area contributed by atoms with Crippen LogP contribution < -0.4 is 5.73 Å². The van der Waals surface area contributed by atoms with Crippen molar-refractivity contribution in [2.24, 2.45) is 17.6 Å². The zero-order valence-corrected chi connectivity index (χ0v) is 6.88. The Morgan fingerprint density at radius 3 is 3.00 bits per heavy atom. The normalized spacial score (nSPS) is 48.5. The summed E-state index contributed by atoms with van der Waals surface area (Å²) in [4.78, 5) is 0. The van der Waals surface area contributed by atoms with E-state index < -0.39 is 0 Å². The number of fused-ring (bicyclic) bond motifs is 1. The first-order chi connectivity index (χ1) is 5.32. The molecule has 1 unspecified atom stereocenters. The third-order valence-electron chi connectivity index (χ3n) is 3.23. The van der Waals surface area contributed by atoms with Gasteiger partial charge in [0.1, 0.15) is 0 Å². The molecule has 0 aromatic carbocycles. The van der Waals surface area contributed by atoms with Crippen molar-refractivity contribution in [2.45, 2.75) is 12.0 Å². The van der Waals surface area contributed by atoms with E-state index in [0.717, 1.165) is 25.6 Å². The molecule has 2 rings (SSSR count). The van der Waals surface area contributed by atoms with Gasteiger partial charge in [-0.1, -0.05) is 0 Å². The van der Waals surface area contributed by atoms with Gasteiger partial charge in [0.15, 0.2) is 0 Å². The van der Waals surface area contributed by atoms with Gasteiger partial charge in [0.25, 0.3) is 0 Å². The predicted octanol–water partition coefficient (Wildman–Crippen LogP) is -0.00340. The predicted molar refractivity (Wildman–Crippen MR) is 41.2 cm³/mol. The number of methoxy groups -OCH3 is 1. The van der Waals surface area contributed by atoms with E-state index in [1.165, 1.54) is 0 Å². The van der Waals surface area contributed by atoms with Crippen LogP contribution >= 0.6 is 0 Å². The fourth-order valence-corrected chi connectivity index (χ4v) is 2.37. The van der Waals surface area contributed by atoms with E-state index >= 15 is 0 Å². The molecule has 1 aliphatic heterocycles. The Bertz CT molecular complexity index is 156. The quantitative estimate of drug-likeness (QED) is 0.613. The lowest BCUT2D eigenvalue weighted by molar-refractivity contribution is -0.136. The average Bonchev–Trinajstić information content (AvgIpc) is 2.37. The maximum absolute atomic E-state index is 5.65. The smallest absolute Gasteiger partial charge is 0.0857 e. The molecule has 0 amide bonds. The van der Waals surface area contributed by atoms with Crippen LogP contribution in [0.25, 0.3) is 0 Å². The van der Waals surface area contributed by atoms with Gasteiger partial charge in [0.05, 0.1) is 12.2 Å². The fourth-order valence-electron chi connectivity index (χ4n) is 2.37. The number of hydrogen-bond acceptors (Lipinski definition) is 3. The van der Waals surface area contributed by atoms with Gasteiger partial charge in [0.2, 0.25) is 0 Å². The largest absolute Gasteiger partial charge is 0.381 e. The summed E-state index contributed by atoms with van der Waals surface area (Å²) in [6.45, 7) is 2.39. The lowest BCUT2D eigenvalue weighted by Gasteiger charge is -2.49. The van der Waals surface area contributed by atoms with Gasteiger partial charge < -0.3 is 15.2 Å². The third kappa shape index (κ3) is 0.849. The molecule has 0 aromatic heterocycles. The Kier molecular flexibility index (Phi) is 1.67. The van der Waals surface area contributed by atoms with Crippen LogP contribution in [0.3, 0.4) is 0 Å². The molecule has 11 heavy (non-hydrogen) atoms. The minimum atomic E-state index is -0.0405. The molecule has 2 N–H and O–H groups in total. The van der Waals surface area contributed by atoms with Crippen molar-refractivity contribution in [3.8, 4) is 0 Å². The Labute approximate surface area is 66.8 Å². The van der Waals surface area contributed by atoms with Crippen LogP contribution in [0.2, 0.25) is 0 Å². The highest BCUT2D eigenvalue weighted by atomic mass is 16.5. The van der Waals surface area contributed by atoms with Crippen LogP contribution in [0.4, 0.5) is 0 Å². The summed E-state index contributed by atoms with van der Waals surface area (Å²) >= 11 is 0. The Morgan fingerprint density at radius 2 is 2.45 bits per heavy atom. The molecule has 0 bridgehead atoms. The monoisotopic (exact) mass is 157 g/mol. The molecule has 2 aliphatic rings. The average molecular weight is 157 g/mol. The molecule has 1 heterocycles. The minimum absolute atomic E-state index is 0.0405. The van der Waals surface area contributed by atoms with E-state index in [9.17, 15) is 0 Å². The third-order valence-corrected chi connectivity index (χ3v) is 3.23. The summed E-state index contributed by atoms with van der Waals surface area (Å²) in [6, 6.07) is 0. The molecular formula is C8H15NO2. The van der Waals surface area contributed by atoms with Gasteiger partial charge in [-0.05, 0) is 12.3 Å². The second-order valence-electron chi connectivity index (χ2n) is 3.58. The maximum atomic E-state index is 5.65. The number of ether oxygens (including phenoxy) is 2. The topological polar surface area (TPSA) is 44.5 Å². The summed E-state index contributed by atoms with van der Waals surface area (Å²) < 4.78 is 10.8. The lowest BCUT2D eigenvalue weighted by Crippen LogP contribution is -2.59. The molecule has 1 saturated heterocycles. The van der Waals surface area contributed by atoms with E-state index in [1.807, 2.05) is 0 Å². The van der Waals surface area contributed by atoms with Crippen molar-refractivity contribution in [1.29, 1.82) is 0 Å². The first-order valence-electron chi connectivity index (χ1n) is 4.15. The minimum Gasteiger partial charge on any atom is -0.381 e. The molecule has 0 spiro atoms. The van der Waals surface area contributed by atoms with Gasteiger partial charge in [0, 0.05) is 26.2 Å². The summed E-state index contributed by atoms with van der Waals surface area (Å²) in [5.74, 6) is 1.29. The second kappa shape index (κ2) is 2.44. The Morgan fingerprint density at radius 1 is 1.64 bits per heavy atom. The zero-order chi connectivity index (χ0) is 7.90. The van der Waals surface area contributed by atoms with Crippen LogP contribution in [0.5, 0.6) is 0 Å². The van der Waals surface area contributed by atoms with Crippen LogP contribution in [-0.2, 0) is 9.47 Å². The number of hydrogen-bond donors (Lipinski definition) is 1. The molecule has 2 fully saturated rings. The highest BCUT2D eigenvalue weighted by Crippen LogP contribution is 2.49. The van der Waals surface area contributed by atoms with E-state index in [1.54, 1.807) is 7.11 Å². The summed E-state index contributed by atoms with van der Waals surface area (Å²) in [6.07, 6.45) is 1.09. The Hall–Kier alpha value is -0.120. The summed E-state index contributed by atoms with van der Waals surface area (Å²) in [7, 11) is 1.75. The Balaban J connectivity index is 2.06. The van der Waals surface area contributed by atoms with E-state index in [-0.39, 0.29) is 5.60 Å². The van der Waals surface area contributed by atoms with Gasteiger partial charge in [-0.2, -0.15) is 0 Å². The molecule has 1 aliphatic carbocycles. The number of nitrogens with two attached hydrogens (primary N) is 1. The SMILES string of the molecule is COC1(CN)C[C@@H]2COC[C@@H]21. The van der Waals surface area contributed by atoms with E-state index in [4.69, 9.17) is 15.2 Å². The van der Waals surface area contributed by atoms with E-state index in [0.29, 0.717) is 12.5 Å².